The summed E-state index contributed by atoms with van der Waals surface area (Å²) < 4.78 is 5.98. The highest BCUT2D eigenvalue weighted by molar-refractivity contribution is 9.10. The molecule has 0 unspecified atom stereocenters. The van der Waals surface area contributed by atoms with E-state index in [0.29, 0.717) is 15.2 Å². The molecule has 0 bridgehead atoms. The monoisotopic (exact) mass is 291 g/mol. The Kier molecular flexibility index (Phi) is 4.42. The summed E-state index contributed by atoms with van der Waals surface area (Å²) in [5.41, 5.74) is 0. The van der Waals surface area contributed by atoms with Crippen molar-refractivity contribution in [2.75, 3.05) is 20.7 Å². The Morgan fingerprint density at radius 2 is 2.20 bits per heavy atom. The highest BCUT2D eigenvalue weighted by atomic mass is 79.9. The Labute approximate surface area is 102 Å². The number of hydrogen-bond acceptors (Lipinski definition) is 2. The van der Waals surface area contributed by atoms with E-state index in [1.807, 2.05) is 0 Å². The molecule has 0 aliphatic heterocycles. The van der Waals surface area contributed by atoms with Crippen molar-refractivity contribution in [2.45, 2.75) is 0 Å². The standard InChI is InChI=1S/C10H11BrClNO2/c1-13(2)9(14)6-15-8-5-3-4-7(12)10(8)11/h3-5H,6H2,1-2H3. The summed E-state index contributed by atoms with van der Waals surface area (Å²) in [4.78, 5) is 12.7. The highest BCUT2D eigenvalue weighted by Gasteiger charge is 2.08. The molecule has 3 nitrogen and oxygen atoms in total. The zero-order valence-corrected chi connectivity index (χ0v) is 10.8. The molecule has 1 rings (SSSR count). The van der Waals surface area contributed by atoms with Crippen molar-refractivity contribution in [3.63, 3.8) is 0 Å². The number of ether oxygens (including phenoxy) is 1. The minimum Gasteiger partial charge on any atom is -0.483 e. The second-order valence-electron chi connectivity index (χ2n) is 3.13. The summed E-state index contributed by atoms with van der Waals surface area (Å²) in [5, 5.41) is 0.560. The van der Waals surface area contributed by atoms with Gasteiger partial charge in [-0.25, -0.2) is 0 Å². The molecule has 0 aliphatic carbocycles. The third kappa shape index (κ3) is 3.39. The molecule has 1 amide bonds. The maximum absolute atomic E-state index is 11.3. The lowest BCUT2D eigenvalue weighted by molar-refractivity contribution is -0.130. The minimum absolute atomic E-state index is 0.00590. The van der Waals surface area contributed by atoms with E-state index in [4.69, 9.17) is 16.3 Å². The normalized spacial score (nSPS) is 9.87. The molecule has 0 heterocycles. The van der Waals surface area contributed by atoms with Crippen molar-refractivity contribution in [1.82, 2.24) is 4.90 Å². The first kappa shape index (κ1) is 12.3. The molecule has 0 radical (unpaired) electrons. The number of amides is 1. The van der Waals surface area contributed by atoms with Gasteiger partial charge in [-0.3, -0.25) is 4.79 Å². The zero-order valence-electron chi connectivity index (χ0n) is 8.46. The molecule has 0 N–H and O–H groups in total. The van der Waals surface area contributed by atoms with Gasteiger partial charge in [-0.15, -0.1) is 0 Å². The maximum atomic E-state index is 11.3. The van der Waals surface area contributed by atoms with Gasteiger partial charge in [0.1, 0.15) is 5.75 Å². The number of hydrogen-bond donors (Lipinski definition) is 0. The van der Waals surface area contributed by atoms with Gasteiger partial charge in [0.25, 0.3) is 5.91 Å². The quantitative estimate of drug-likeness (QED) is 0.857. The van der Waals surface area contributed by atoms with Gasteiger partial charge in [0.15, 0.2) is 6.61 Å². The van der Waals surface area contributed by atoms with E-state index >= 15 is 0 Å². The summed E-state index contributed by atoms with van der Waals surface area (Å²) in [5.74, 6) is 0.472. The van der Waals surface area contributed by atoms with Crippen LogP contribution in [-0.4, -0.2) is 31.5 Å². The van der Waals surface area contributed by atoms with Crippen LogP contribution in [0.1, 0.15) is 0 Å². The van der Waals surface area contributed by atoms with Gasteiger partial charge in [0.05, 0.1) is 9.50 Å². The SMILES string of the molecule is CN(C)C(=O)COc1cccc(Cl)c1Br. The van der Waals surface area contributed by atoms with Gasteiger partial charge in [0.2, 0.25) is 0 Å². The smallest absolute Gasteiger partial charge is 0.259 e. The summed E-state index contributed by atoms with van der Waals surface area (Å²) in [7, 11) is 3.36. The van der Waals surface area contributed by atoms with Gasteiger partial charge in [0, 0.05) is 14.1 Å². The zero-order chi connectivity index (χ0) is 11.4. The third-order valence-electron chi connectivity index (χ3n) is 1.77. The predicted octanol–water partition coefficient (Wildman–Crippen LogP) is 2.57. The van der Waals surface area contributed by atoms with Gasteiger partial charge >= 0.3 is 0 Å². The molecule has 82 valence electrons. The van der Waals surface area contributed by atoms with E-state index in [1.54, 1.807) is 32.3 Å². The molecule has 0 atom stereocenters. The van der Waals surface area contributed by atoms with Gasteiger partial charge < -0.3 is 9.64 Å². The van der Waals surface area contributed by atoms with Crippen LogP contribution in [0.25, 0.3) is 0 Å². The Bertz CT molecular complexity index is 368. The molecule has 0 fully saturated rings. The maximum Gasteiger partial charge on any atom is 0.259 e. The number of halogens is 2. The first-order valence-corrected chi connectivity index (χ1v) is 5.46. The third-order valence-corrected chi connectivity index (χ3v) is 3.13. The first-order valence-electron chi connectivity index (χ1n) is 4.29. The summed E-state index contributed by atoms with van der Waals surface area (Å²) in [6.07, 6.45) is 0. The Morgan fingerprint density at radius 3 is 2.80 bits per heavy atom. The highest BCUT2D eigenvalue weighted by Crippen LogP contribution is 2.31. The van der Waals surface area contributed by atoms with Gasteiger partial charge in [-0.1, -0.05) is 17.7 Å². The lowest BCUT2D eigenvalue weighted by atomic mass is 10.3. The average molecular weight is 293 g/mol. The average Bonchev–Trinajstić information content (AvgIpc) is 2.19. The topological polar surface area (TPSA) is 29.5 Å². The van der Waals surface area contributed by atoms with E-state index in [9.17, 15) is 4.79 Å². The lowest BCUT2D eigenvalue weighted by Crippen LogP contribution is -2.27. The van der Waals surface area contributed by atoms with Crippen LogP contribution in [0.3, 0.4) is 0 Å². The fourth-order valence-electron chi connectivity index (χ4n) is 0.864. The summed E-state index contributed by atoms with van der Waals surface area (Å²) in [6.45, 7) is 0.00590. The van der Waals surface area contributed by atoms with Gasteiger partial charge in [-0.2, -0.15) is 0 Å². The number of benzene rings is 1. The van der Waals surface area contributed by atoms with Crippen LogP contribution in [0.15, 0.2) is 22.7 Å². The summed E-state index contributed by atoms with van der Waals surface area (Å²) >= 11 is 9.15. The van der Waals surface area contributed by atoms with Crippen molar-refractivity contribution in [3.8, 4) is 5.75 Å². The molecule has 0 spiro atoms. The molecule has 0 aliphatic rings. The van der Waals surface area contributed by atoms with Crippen molar-refractivity contribution in [1.29, 1.82) is 0 Å². The second-order valence-corrected chi connectivity index (χ2v) is 4.33. The summed E-state index contributed by atoms with van der Waals surface area (Å²) in [6, 6.07) is 5.26. The number of carbonyl (C=O) groups excluding carboxylic acids is 1. The van der Waals surface area contributed by atoms with Crippen LogP contribution in [-0.2, 0) is 4.79 Å². The largest absolute Gasteiger partial charge is 0.483 e. The predicted molar refractivity (Wildman–Crippen MR) is 63.3 cm³/mol. The number of rotatable bonds is 3. The van der Waals surface area contributed by atoms with Crippen molar-refractivity contribution in [2.24, 2.45) is 0 Å². The molecule has 1 aromatic carbocycles. The number of carbonyl (C=O) groups is 1. The Morgan fingerprint density at radius 1 is 1.53 bits per heavy atom. The van der Waals surface area contributed by atoms with E-state index < -0.39 is 0 Å². The molecule has 0 aromatic heterocycles. The van der Waals surface area contributed by atoms with Crippen molar-refractivity contribution in [3.05, 3.63) is 27.7 Å². The second kappa shape index (κ2) is 5.37. The molecule has 0 saturated heterocycles. The van der Waals surface area contributed by atoms with Crippen LogP contribution in [0.5, 0.6) is 5.75 Å². The Balaban J connectivity index is 2.66. The van der Waals surface area contributed by atoms with Crippen LogP contribution in [0.2, 0.25) is 5.02 Å². The van der Waals surface area contributed by atoms with E-state index in [2.05, 4.69) is 15.9 Å². The van der Waals surface area contributed by atoms with Crippen LogP contribution in [0, 0.1) is 0 Å². The minimum atomic E-state index is -0.0955. The lowest BCUT2D eigenvalue weighted by Gasteiger charge is -2.12. The van der Waals surface area contributed by atoms with Crippen LogP contribution in [0.4, 0.5) is 0 Å². The fourth-order valence-corrected chi connectivity index (χ4v) is 1.41. The molecule has 5 heteroatoms. The van der Waals surface area contributed by atoms with Crippen LogP contribution < -0.4 is 4.74 Å². The van der Waals surface area contributed by atoms with E-state index in [-0.39, 0.29) is 12.5 Å². The molecule has 15 heavy (non-hydrogen) atoms. The van der Waals surface area contributed by atoms with E-state index in [1.165, 1.54) is 4.90 Å². The molecular weight excluding hydrogens is 281 g/mol. The van der Waals surface area contributed by atoms with E-state index in [0.717, 1.165) is 0 Å². The Hall–Kier alpha value is -0.740. The molecule has 1 aromatic rings. The van der Waals surface area contributed by atoms with Crippen molar-refractivity contribution >= 4 is 33.4 Å². The number of likely N-dealkylation sites (N-methyl/N-ethyl adjacent to an activating group) is 1. The fraction of sp³-hybridized carbons (Fsp3) is 0.300. The van der Waals surface area contributed by atoms with Crippen LogP contribution >= 0.6 is 27.5 Å². The van der Waals surface area contributed by atoms with Crippen molar-refractivity contribution < 1.29 is 9.53 Å². The first-order chi connectivity index (χ1) is 7.02. The van der Waals surface area contributed by atoms with Gasteiger partial charge in [-0.05, 0) is 28.1 Å². The number of nitrogens with zero attached hydrogens (tertiary/aromatic N) is 1. The molecular formula is C10H11BrClNO2. The molecule has 0 saturated carbocycles.